The van der Waals surface area contributed by atoms with Crippen molar-refractivity contribution in [2.24, 2.45) is 11.8 Å². The third kappa shape index (κ3) is 2.35. The van der Waals surface area contributed by atoms with Gasteiger partial charge in [-0.2, -0.15) is 9.97 Å². The summed E-state index contributed by atoms with van der Waals surface area (Å²) in [4.78, 5) is 10.3. The molecule has 0 saturated heterocycles. The van der Waals surface area contributed by atoms with E-state index in [9.17, 15) is 0 Å². The summed E-state index contributed by atoms with van der Waals surface area (Å²) in [5, 5.41) is 0. The molecule has 1 aliphatic rings. The van der Waals surface area contributed by atoms with E-state index in [4.69, 9.17) is 10.5 Å². The predicted molar refractivity (Wildman–Crippen MR) is 63.5 cm³/mol. The first kappa shape index (κ1) is 11.0. The molecule has 0 spiro atoms. The first-order valence-electron chi connectivity index (χ1n) is 5.50. The molecule has 1 fully saturated rings. The average Bonchev–Trinajstić information content (AvgIpc) is 2.93. The van der Waals surface area contributed by atoms with Crippen molar-refractivity contribution in [3.8, 4) is 5.88 Å². The summed E-state index contributed by atoms with van der Waals surface area (Å²) in [7, 11) is 3.60. The van der Waals surface area contributed by atoms with Crippen molar-refractivity contribution in [2.75, 3.05) is 31.3 Å². The van der Waals surface area contributed by atoms with Crippen molar-refractivity contribution >= 4 is 11.8 Å². The Hall–Kier alpha value is -1.52. The number of hydrogen-bond acceptors (Lipinski definition) is 5. The standard InChI is InChI=1S/C11H18N4O/c1-7-4-8(7)6-15(2)9-5-10(16-3)14-11(12)13-9/h5,7-8H,4,6H2,1-3H3,(H2,12,13,14). The van der Waals surface area contributed by atoms with Gasteiger partial charge in [0.1, 0.15) is 5.82 Å². The summed E-state index contributed by atoms with van der Waals surface area (Å²) >= 11 is 0. The maximum absolute atomic E-state index is 5.62. The number of hydrogen-bond donors (Lipinski definition) is 1. The van der Waals surface area contributed by atoms with Gasteiger partial charge in [0.2, 0.25) is 11.8 Å². The van der Waals surface area contributed by atoms with E-state index in [1.807, 2.05) is 13.1 Å². The molecule has 1 saturated carbocycles. The van der Waals surface area contributed by atoms with Gasteiger partial charge in [-0.1, -0.05) is 6.92 Å². The van der Waals surface area contributed by atoms with E-state index < -0.39 is 0 Å². The lowest BCUT2D eigenvalue weighted by Crippen LogP contribution is -2.22. The Labute approximate surface area is 95.6 Å². The smallest absolute Gasteiger partial charge is 0.225 e. The van der Waals surface area contributed by atoms with E-state index in [2.05, 4.69) is 21.8 Å². The monoisotopic (exact) mass is 222 g/mol. The average molecular weight is 222 g/mol. The second kappa shape index (κ2) is 4.15. The highest BCUT2D eigenvalue weighted by atomic mass is 16.5. The third-order valence-electron chi connectivity index (χ3n) is 3.09. The van der Waals surface area contributed by atoms with Gasteiger partial charge in [-0.3, -0.25) is 0 Å². The number of rotatable bonds is 4. The molecular formula is C11H18N4O. The zero-order valence-electron chi connectivity index (χ0n) is 9.97. The van der Waals surface area contributed by atoms with E-state index in [-0.39, 0.29) is 5.95 Å². The Morgan fingerprint density at radius 3 is 2.81 bits per heavy atom. The summed E-state index contributed by atoms with van der Waals surface area (Å²) in [6.45, 7) is 3.29. The summed E-state index contributed by atoms with van der Waals surface area (Å²) in [5.41, 5.74) is 5.62. The molecule has 1 aliphatic carbocycles. The number of aromatic nitrogens is 2. The van der Waals surface area contributed by atoms with Crippen LogP contribution >= 0.6 is 0 Å². The lowest BCUT2D eigenvalue weighted by molar-refractivity contribution is 0.397. The molecule has 0 amide bonds. The topological polar surface area (TPSA) is 64.3 Å². The van der Waals surface area contributed by atoms with Crippen molar-refractivity contribution in [1.82, 2.24) is 9.97 Å². The lowest BCUT2D eigenvalue weighted by Gasteiger charge is -2.18. The molecule has 0 aliphatic heterocycles. The molecule has 16 heavy (non-hydrogen) atoms. The lowest BCUT2D eigenvalue weighted by atomic mass is 10.3. The van der Waals surface area contributed by atoms with Gasteiger partial charge < -0.3 is 15.4 Å². The van der Waals surface area contributed by atoms with E-state index in [0.717, 1.165) is 24.2 Å². The summed E-state index contributed by atoms with van der Waals surface area (Å²) in [5.74, 6) is 3.21. The first-order valence-corrected chi connectivity index (χ1v) is 5.50. The van der Waals surface area contributed by atoms with Crippen LogP contribution in [-0.4, -0.2) is 30.7 Å². The van der Waals surface area contributed by atoms with Gasteiger partial charge in [-0.05, 0) is 18.3 Å². The Kier molecular flexibility index (Phi) is 2.85. The third-order valence-corrected chi connectivity index (χ3v) is 3.09. The molecule has 88 valence electrons. The van der Waals surface area contributed by atoms with Crippen molar-refractivity contribution in [3.63, 3.8) is 0 Å². The van der Waals surface area contributed by atoms with Crippen LogP contribution in [0.15, 0.2) is 6.07 Å². The molecule has 2 unspecified atom stereocenters. The largest absolute Gasteiger partial charge is 0.481 e. The second-order valence-electron chi connectivity index (χ2n) is 4.48. The fraction of sp³-hybridized carbons (Fsp3) is 0.636. The number of ether oxygens (including phenoxy) is 1. The van der Waals surface area contributed by atoms with Crippen LogP contribution in [0.3, 0.4) is 0 Å². The van der Waals surface area contributed by atoms with Crippen molar-refractivity contribution in [3.05, 3.63) is 6.07 Å². The number of nitrogen functional groups attached to an aromatic ring is 1. The van der Waals surface area contributed by atoms with Crippen molar-refractivity contribution in [2.45, 2.75) is 13.3 Å². The SMILES string of the molecule is COc1cc(N(C)CC2CC2C)nc(N)n1. The molecule has 0 radical (unpaired) electrons. The fourth-order valence-electron chi connectivity index (χ4n) is 1.83. The van der Waals surface area contributed by atoms with Crippen LogP contribution in [0, 0.1) is 11.8 Å². The van der Waals surface area contributed by atoms with E-state index in [0.29, 0.717) is 5.88 Å². The Balaban J connectivity index is 2.09. The van der Waals surface area contributed by atoms with Gasteiger partial charge in [-0.15, -0.1) is 0 Å². The molecule has 2 atom stereocenters. The van der Waals surface area contributed by atoms with Crippen molar-refractivity contribution < 1.29 is 4.74 Å². The van der Waals surface area contributed by atoms with Gasteiger partial charge in [-0.25, -0.2) is 0 Å². The number of nitrogens with two attached hydrogens (primary N) is 1. The van der Waals surface area contributed by atoms with Crippen LogP contribution in [0.5, 0.6) is 5.88 Å². The summed E-state index contributed by atoms with van der Waals surface area (Å²) < 4.78 is 5.07. The molecule has 0 bridgehead atoms. The molecule has 5 nitrogen and oxygen atoms in total. The highest BCUT2D eigenvalue weighted by molar-refractivity contribution is 5.44. The normalized spacial score (nSPS) is 22.9. The predicted octanol–water partition coefficient (Wildman–Crippen LogP) is 1.16. The Morgan fingerprint density at radius 2 is 2.25 bits per heavy atom. The van der Waals surface area contributed by atoms with Crippen LogP contribution in [0.4, 0.5) is 11.8 Å². The molecule has 1 heterocycles. The van der Waals surface area contributed by atoms with Crippen LogP contribution in [0.1, 0.15) is 13.3 Å². The second-order valence-corrected chi connectivity index (χ2v) is 4.48. The zero-order valence-corrected chi connectivity index (χ0v) is 9.97. The van der Waals surface area contributed by atoms with Crippen LogP contribution in [-0.2, 0) is 0 Å². The molecule has 1 aromatic rings. The van der Waals surface area contributed by atoms with Crippen molar-refractivity contribution in [1.29, 1.82) is 0 Å². The maximum Gasteiger partial charge on any atom is 0.225 e. The molecule has 2 N–H and O–H groups in total. The molecule has 2 rings (SSSR count). The molecular weight excluding hydrogens is 204 g/mol. The zero-order chi connectivity index (χ0) is 11.7. The van der Waals surface area contributed by atoms with Gasteiger partial charge in [0.15, 0.2) is 0 Å². The van der Waals surface area contributed by atoms with Gasteiger partial charge >= 0.3 is 0 Å². The van der Waals surface area contributed by atoms with E-state index in [1.54, 1.807) is 7.11 Å². The maximum atomic E-state index is 5.62. The highest BCUT2D eigenvalue weighted by Gasteiger charge is 2.33. The molecule has 0 aromatic carbocycles. The van der Waals surface area contributed by atoms with E-state index >= 15 is 0 Å². The number of nitrogens with zero attached hydrogens (tertiary/aromatic N) is 3. The Bertz CT molecular complexity index is 382. The van der Waals surface area contributed by atoms with Crippen LogP contribution in [0.25, 0.3) is 0 Å². The van der Waals surface area contributed by atoms with Gasteiger partial charge in [0.25, 0.3) is 0 Å². The van der Waals surface area contributed by atoms with E-state index in [1.165, 1.54) is 6.42 Å². The van der Waals surface area contributed by atoms with Crippen LogP contribution in [0.2, 0.25) is 0 Å². The molecule has 5 heteroatoms. The Morgan fingerprint density at radius 1 is 1.56 bits per heavy atom. The number of methoxy groups -OCH3 is 1. The highest BCUT2D eigenvalue weighted by Crippen LogP contribution is 2.38. The van der Waals surface area contributed by atoms with Crippen LogP contribution < -0.4 is 15.4 Å². The first-order chi connectivity index (χ1) is 7.60. The van der Waals surface area contributed by atoms with Gasteiger partial charge in [0, 0.05) is 19.7 Å². The minimum absolute atomic E-state index is 0.255. The quantitative estimate of drug-likeness (QED) is 0.828. The summed E-state index contributed by atoms with van der Waals surface area (Å²) in [6, 6.07) is 1.81. The summed E-state index contributed by atoms with van der Waals surface area (Å²) in [6.07, 6.45) is 1.31. The fourth-order valence-corrected chi connectivity index (χ4v) is 1.83. The minimum atomic E-state index is 0.255. The van der Waals surface area contributed by atoms with Gasteiger partial charge in [0.05, 0.1) is 7.11 Å². The molecule has 1 aromatic heterocycles. The minimum Gasteiger partial charge on any atom is -0.481 e. The number of anilines is 2.